The SMILES string of the molecule is Cc1ccc(C)c(C(=O)OC2c3ccccc3-c3ccccc32)c1. The molecule has 0 amide bonds. The summed E-state index contributed by atoms with van der Waals surface area (Å²) in [6.07, 6.45) is -0.343. The van der Waals surface area contributed by atoms with Crippen LogP contribution in [0.1, 0.15) is 38.7 Å². The fourth-order valence-corrected chi connectivity index (χ4v) is 3.36. The van der Waals surface area contributed by atoms with Crippen LogP contribution in [-0.4, -0.2) is 5.97 Å². The van der Waals surface area contributed by atoms with Crippen molar-refractivity contribution < 1.29 is 9.53 Å². The van der Waals surface area contributed by atoms with E-state index in [1.165, 1.54) is 0 Å². The van der Waals surface area contributed by atoms with Crippen molar-refractivity contribution in [2.24, 2.45) is 0 Å². The van der Waals surface area contributed by atoms with E-state index in [4.69, 9.17) is 4.74 Å². The Bertz CT molecular complexity index is 895. The average Bonchev–Trinajstić information content (AvgIpc) is 2.92. The zero-order valence-corrected chi connectivity index (χ0v) is 13.7. The van der Waals surface area contributed by atoms with Crippen LogP contribution in [0.15, 0.2) is 66.7 Å². The van der Waals surface area contributed by atoms with Gasteiger partial charge in [0.25, 0.3) is 0 Å². The summed E-state index contributed by atoms with van der Waals surface area (Å²) < 4.78 is 5.95. The van der Waals surface area contributed by atoms with Crippen LogP contribution in [-0.2, 0) is 4.74 Å². The van der Waals surface area contributed by atoms with Crippen LogP contribution in [0, 0.1) is 13.8 Å². The number of hydrogen-bond donors (Lipinski definition) is 0. The Kier molecular flexibility index (Phi) is 3.46. The van der Waals surface area contributed by atoms with Crippen molar-refractivity contribution >= 4 is 5.97 Å². The summed E-state index contributed by atoms with van der Waals surface area (Å²) in [7, 11) is 0. The molecule has 0 spiro atoms. The van der Waals surface area contributed by atoms with Crippen molar-refractivity contribution in [2.75, 3.05) is 0 Å². The van der Waals surface area contributed by atoms with Gasteiger partial charge in [0.1, 0.15) is 0 Å². The van der Waals surface area contributed by atoms with Gasteiger partial charge in [0.05, 0.1) is 5.56 Å². The summed E-state index contributed by atoms with van der Waals surface area (Å²) in [5, 5.41) is 0. The molecule has 2 heteroatoms. The maximum absolute atomic E-state index is 12.8. The van der Waals surface area contributed by atoms with Crippen LogP contribution >= 0.6 is 0 Å². The van der Waals surface area contributed by atoms with Crippen LogP contribution in [0.2, 0.25) is 0 Å². The topological polar surface area (TPSA) is 26.3 Å². The van der Waals surface area contributed by atoms with Gasteiger partial charge in [0.15, 0.2) is 6.10 Å². The second kappa shape index (κ2) is 5.64. The van der Waals surface area contributed by atoms with Gasteiger partial charge in [-0.25, -0.2) is 4.79 Å². The lowest BCUT2D eigenvalue weighted by Gasteiger charge is -2.16. The molecule has 2 nitrogen and oxygen atoms in total. The Hall–Kier alpha value is -2.87. The van der Waals surface area contributed by atoms with E-state index in [0.717, 1.165) is 33.4 Å². The first-order valence-electron chi connectivity index (χ1n) is 8.11. The van der Waals surface area contributed by atoms with Gasteiger partial charge < -0.3 is 4.74 Å². The highest BCUT2D eigenvalue weighted by Crippen LogP contribution is 2.45. The molecule has 1 aliphatic rings. The van der Waals surface area contributed by atoms with Crippen molar-refractivity contribution in [3.05, 3.63) is 94.5 Å². The lowest BCUT2D eigenvalue weighted by molar-refractivity contribution is 0.0385. The molecule has 0 saturated heterocycles. The standard InChI is InChI=1S/C22H18O2/c1-14-11-12-15(2)20(13-14)22(23)24-21-18-9-5-3-7-16(18)17-8-4-6-10-19(17)21/h3-13,21H,1-2H3. The molecule has 0 atom stereocenters. The van der Waals surface area contributed by atoms with Gasteiger partial charge in [-0.15, -0.1) is 0 Å². The van der Waals surface area contributed by atoms with Gasteiger partial charge in [-0.05, 0) is 36.6 Å². The van der Waals surface area contributed by atoms with Crippen LogP contribution < -0.4 is 0 Å². The number of esters is 1. The molecule has 1 aliphatic carbocycles. The molecule has 118 valence electrons. The van der Waals surface area contributed by atoms with E-state index in [2.05, 4.69) is 12.1 Å². The molecule has 0 aromatic heterocycles. The normalized spacial score (nSPS) is 12.6. The minimum atomic E-state index is -0.343. The molecule has 24 heavy (non-hydrogen) atoms. The molecule has 0 heterocycles. The Balaban J connectivity index is 1.75. The molecule has 0 fully saturated rings. The summed E-state index contributed by atoms with van der Waals surface area (Å²) in [5.41, 5.74) is 7.02. The van der Waals surface area contributed by atoms with Gasteiger partial charge in [-0.2, -0.15) is 0 Å². The van der Waals surface area contributed by atoms with E-state index in [-0.39, 0.29) is 12.1 Å². The van der Waals surface area contributed by atoms with Gasteiger partial charge in [-0.3, -0.25) is 0 Å². The fourth-order valence-electron chi connectivity index (χ4n) is 3.36. The second-order valence-corrected chi connectivity index (χ2v) is 6.28. The molecular weight excluding hydrogens is 296 g/mol. The predicted molar refractivity (Wildman–Crippen MR) is 95.1 cm³/mol. The van der Waals surface area contributed by atoms with Gasteiger partial charge >= 0.3 is 5.97 Å². The van der Waals surface area contributed by atoms with Crippen LogP contribution in [0.4, 0.5) is 0 Å². The minimum absolute atomic E-state index is 0.271. The Morgan fingerprint density at radius 3 is 2.04 bits per heavy atom. The van der Waals surface area contributed by atoms with Crippen molar-refractivity contribution in [3.63, 3.8) is 0 Å². The summed E-state index contributed by atoms with van der Waals surface area (Å²) in [6, 6.07) is 22.1. The number of aryl methyl sites for hydroxylation is 2. The smallest absolute Gasteiger partial charge is 0.339 e. The number of carbonyl (C=O) groups is 1. The largest absolute Gasteiger partial charge is 0.449 e. The number of ether oxygens (including phenoxy) is 1. The lowest BCUT2D eigenvalue weighted by atomic mass is 10.1. The first kappa shape index (κ1) is 14.7. The highest BCUT2D eigenvalue weighted by Gasteiger charge is 2.31. The van der Waals surface area contributed by atoms with E-state index in [1.54, 1.807) is 0 Å². The summed E-state index contributed by atoms with van der Waals surface area (Å²) in [6.45, 7) is 3.92. The third kappa shape index (κ3) is 2.31. The molecule has 0 N–H and O–H groups in total. The number of carbonyl (C=O) groups excluding carboxylic acids is 1. The maximum Gasteiger partial charge on any atom is 0.339 e. The predicted octanol–water partition coefficient (Wildman–Crippen LogP) is 5.23. The first-order chi connectivity index (χ1) is 11.6. The average molecular weight is 314 g/mol. The second-order valence-electron chi connectivity index (χ2n) is 6.28. The molecule has 0 saturated carbocycles. The Labute approximate surface area is 141 Å². The summed E-state index contributed by atoms with van der Waals surface area (Å²) >= 11 is 0. The molecule has 0 bridgehead atoms. The molecule has 4 rings (SSSR count). The monoisotopic (exact) mass is 314 g/mol. The van der Waals surface area contributed by atoms with Crippen LogP contribution in [0.25, 0.3) is 11.1 Å². The number of rotatable bonds is 2. The Morgan fingerprint density at radius 2 is 1.42 bits per heavy atom. The van der Waals surface area contributed by atoms with Gasteiger partial charge in [0.2, 0.25) is 0 Å². The van der Waals surface area contributed by atoms with Crippen molar-refractivity contribution in [1.82, 2.24) is 0 Å². The first-order valence-corrected chi connectivity index (χ1v) is 8.11. The third-order valence-corrected chi connectivity index (χ3v) is 4.61. The molecule has 0 unspecified atom stereocenters. The highest BCUT2D eigenvalue weighted by atomic mass is 16.5. The van der Waals surface area contributed by atoms with E-state index in [0.29, 0.717) is 5.56 Å². The van der Waals surface area contributed by atoms with E-state index in [9.17, 15) is 4.79 Å². The van der Waals surface area contributed by atoms with Crippen molar-refractivity contribution in [3.8, 4) is 11.1 Å². The summed E-state index contributed by atoms with van der Waals surface area (Å²) in [4.78, 5) is 12.8. The fraction of sp³-hybridized carbons (Fsp3) is 0.136. The third-order valence-electron chi connectivity index (χ3n) is 4.61. The molecule has 3 aromatic rings. The van der Waals surface area contributed by atoms with E-state index >= 15 is 0 Å². The molecule has 3 aromatic carbocycles. The molecular formula is C22H18O2. The number of benzene rings is 3. The zero-order valence-electron chi connectivity index (χ0n) is 13.7. The van der Waals surface area contributed by atoms with E-state index < -0.39 is 0 Å². The minimum Gasteiger partial charge on any atom is -0.449 e. The van der Waals surface area contributed by atoms with Gasteiger partial charge in [-0.1, -0.05) is 66.2 Å². The Morgan fingerprint density at radius 1 is 0.833 bits per heavy atom. The van der Waals surface area contributed by atoms with Crippen LogP contribution in [0.3, 0.4) is 0 Å². The highest BCUT2D eigenvalue weighted by molar-refractivity contribution is 5.92. The summed E-state index contributed by atoms with van der Waals surface area (Å²) in [5.74, 6) is -0.271. The maximum atomic E-state index is 12.8. The van der Waals surface area contributed by atoms with E-state index in [1.807, 2.05) is 68.4 Å². The lowest BCUT2D eigenvalue weighted by Crippen LogP contribution is -2.12. The van der Waals surface area contributed by atoms with Crippen LogP contribution in [0.5, 0.6) is 0 Å². The molecule has 0 radical (unpaired) electrons. The zero-order chi connectivity index (χ0) is 16.7. The van der Waals surface area contributed by atoms with Gasteiger partial charge in [0, 0.05) is 11.1 Å². The van der Waals surface area contributed by atoms with Crippen molar-refractivity contribution in [2.45, 2.75) is 20.0 Å². The number of hydrogen-bond acceptors (Lipinski definition) is 2. The quantitative estimate of drug-likeness (QED) is 0.605. The van der Waals surface area contributed by atoms with Crippen molar-refractivity contribution in [1.29, 1.82) is 0 Å². The molecule has 0 aliphatic heterocycles. The number of fused-ring (bicyclic) bond motifs is 3.